The van der Waals surface area contributed by atoms with Crippen LogP contribution in [0.4, 0.5) is 26.3 Å². The van der Waals surface area contributed by atoms with E-state index < -0.39 is 109 Å². The molecule has 336 valence electrons. The summed E-state index contributed by atoms with van der Waals surface area (Å²) in [6, 6.07) is -0.272. The number of aliphatic hydroxyl groups excluding tert-OH is 4. The minimum Gasteiger partial charge on any atom is -0.475 e. The molecule has 2 saturated heterocycles. The first-order chi connectivity index (χ1) is 27.3. The summed E-state index contributed by atoms with van der Waals surface area (Å²) in [6.45, 7) is 2.41. The van der Waals surface area contributed by atoms with E-state index in [1.807, 2.05) is 4.98 Å². The zero-order valence-electron chi connectivity index (χ0n) is 31.5. The molecule has 3 aliphatic heterocycles. The first-order valence-corrected chi connectivity index (χ1v) is 17.6. The van der Waals surface area contributed by atoms with Crippen LogP contribution in [-0.2, 0) is 33.4 Å². The Balaban J connectivity index is 0.000000732. The van der Waals surface area contributed by atoms with Gasteiger partial charge in [0.25, 0.3) is 11.5 Å². The van der Waals surface area contributed by atoms with Crippen LogP contribution in [0.3, 0.4) is 0 Å². The van der Waals surface area contributed by atoms with Crippen molar-refractivity contribution >= 4 is 23.8 Å². The summed E-state index contributed by atoms with van der Waals surface area (Å²) in [6.07, 6.45) is -17.3. The normalized spacial score (nSPS) is 28.0. The maximum Gasteiger partial charge on any atom is 0.490 e. The Hall–Kier alpha value is -4.48. The second-order valence-corrected chi connectivity index (χ2v) is 13.1. The molecule has 2 fully saturated rings. The molecule has 4 heterocycles. The van der Waals surface area contributed by atoms with Gasteiger partial charge in [0.1, 0.15) is 54.5 Å². The van der Waals surface area contributed by atoms with Crippen molar-refractivity contribution in [3.8, 4) is 0 Å². The number of aromatic nitrogens is 2. The van der Waals surface area contributed by atoms with Crippen LogP contribution in [0.2, 0.25) is 0 Å². The number of unbranched alkanes of at least 4 members (excludes halogenated alkanes) is 3. The fourth-order valence-electron chi connectivity index (χ4n) is 5.79. The van der Waals surface area contributed by atoms with Crippen molar-refractivity contribution in [3.63, 3.8) is 0 Å². The van der Waals surface area contributed by atoms with Gasteiger partial charge in [-0.25, -0.2) is 14.4 Å². The minimum absolute atomic E-state index is 0.0650. The molecule has 0 saturated carbocycles. The van der Waals surface area contributed by atoms with Gasteiger partial charge >= 0.3 is 30.0 Å². The zero-order chi connectivity index (χ0) is 45.2. The van der Waals surface area contributed by atoms with Gasteiger partial charge in [-0.1, -0.05) is 26.2 Å². The first kappa shape index (κ1) is 50.7. The number of nitrogens with two attached hydrogens (primary N) is 1. The Morgan fingerprint density at radius 1 is 0.932 bits per heavy atom. The van der Waals surface area contributed by atoms with Gasteiger partial charge in [0, 0.05) is 38.9 Å². The molecule has 10 N–H and O–H groups in total. The Kier molecular flexibility index (Phi) is 18.6. The van der Waals surface area contributed by atoms with Crippen LogP contribution in [0.25, 0.3) is 0 Å². The van der Waals surface area contributed by atoms with Crippen LogP contribution in [0.1, 0.15) is 38.8 Å². The minimum atomic E-state index is -5.08. The number of carboxylic acids is 2. The average molecular weight is 869 g/mol. The molecule has 1 aromatic rings. The number of aliphatic carboxylic acids is 2. The van der Waals surface area contributed by atoms with E-state index in [1.165, 1.54) is 11.9 Å². The lowest BCUT2D eigenvalue weighted by molar-refractivity contribution is -0.232. The lowest BCUT2D eigenvalue weighted by atomic mass is 9.97. The van der Waals surface area contributed by atoms with E-state index in [2.05, 4.69) is 12.2 Å². The number of carbonyl (C=O) groups is 4. The largest absolute Gasteiger partial charge is 0.490 e. The van der Waals surface area contributed by atoms with E-state index >= 15 is 0 Å². The number of alkyl halides is 6. The monoisotopic (exact) mass is 868 g/mol. The molecule has 0 bridgehead atoms. The third-order valence-electron chi connectivity index (χ3n) is 8.90. The summed E-state index contributed by atoms with van der Waals surface area (Å²) in [4.78, 5) is 73.8. The van der Waals surface area contributed by atoms with Gasteiger partial charge in [-0.3, -0.25) is 28.8 Å². The lowest BCUT2D eigenvalue weighted by Gasteiger charge is -2.38. The lowest BCUT2D eigenvalue weighted by Crippen LogP contribution is -2.59. The van der Waals surface area contributed by atoms with Crippen LogP contribution in [-0.4, -0.2) is 175 Å². The summed E-state index contributed by atoms with van der Waals surface area (Å²) in [5.74, 6) is -6.62. The van der Waals surface area contributed by atoms with E-state index in [0.717, 1.165) is 47.4 Å². The fraction of sp³-hybridized carbons (Fsp3) is 0.688. The molecule has 0 aliphatic carbocycles. The number of halogens is 6. The second kappa shape index (κ2) is 21.7. The number of amides is 2. The molecule has 0 aromatic carbocycles. The number of aromatic amines is 1. The number of carboxylic acid groups (broad SMARTS) is 2. The number of ether oxygens (including phenoxy) is 3. The van der Waals surface area contributed by atoms with Gasteiger partial charge in [-0.2, -0.15) is 26.3 Å². The summed E-state index contributed by atoms with van der Waals surface area (Å²) >= 11 is 0. The van der Waals surface area contributed by atoms with Crippen molar-refractivity contribution in [2.45, 2.75) is 106 Å². The Labute approximate surface area is 329 Å². The average Bonchev–Trinajstić information content (AvgIpc) is 3.55. The molecule has 10 atom stereocenters. The van der Waals surface area contributed by atoms with Gasteiger partial charge in [-0.05, 0) is 19.5 Å². The van der Waals surface area contributed by atoms with Gasteiger partial charge in [0.15, 0.2) is 12.5 Å². The molecule has 0 spiro atoms. The number of likely N-dealkylation sites (N-methyl/N-ethyl adjacent to an activating group) is 2. The first-order valence-electron chi connectivity index (χ1n) is 17.6. The van der Waals surface area contributed by atoms with Crippen molar-refractivity contribution in [2.24, 2.45) is 5.73 Å². The molecule has 3 aliphatic rings. The maximum absolute atomic E-state index is 14.1. The number of nitrogens with zero attached hydrogens (tertiary/aromatic N) is 3. The van der Waals surface area contributed by atoms with E-state index in [-0.39, 0.29) is 18.8 Å². The quantitative estimate of drug-likeness (QED) is 0.0779. The molecule has 1 aromatic heterocycles. The van der Waals surface area contributed by atoms with Crippen LogP contribution in [0.5, 0.6) is 0 Å². The highest BCUT2D eigenvalue weighted by atomic mass is 19.4. The standard InChI is InChI=1S/C28H44N6O11.2C2HF3O2/c1-4-5-6-7-10-30-24(40)14-8-11-32(2)17(25(41)33(14)3)22(45-27-21(39)18(36)15(13-29)43-27)23-19(37)20(38)26(44-23)34-12-9-16(35)31-28(34)42;2*3-2(4,5)1(6)7/h8-9,12,15,17-23,26-27,36-39H,4-7,10-11,13,29H2,1-3H3,(H,30,40)(H,31,35,42);2*(H,6,7)/t15-,17+,18-,19+,20-,21-,22+,23+,26-,27+;;/m1../s1. The van der Waals surface area contributed by atoms with Crippen molar-refractivity contribution in [2.75, 3.05) is 33.7 Å². The van der Waals surface area contributed by atoms with E-state index in [4.69, 9.17) is 39.7 Å². The van der Waals surface area contributed by atoms with E-state index in [9.17, 15) is 65.9 Å². The number of hydrogen-bond acceptors (Lipinski definition) is 15. The zero-order valence-corrected chi connectivity index (χ0v) is 31.5. The van der Waals surface area contributed by atoms with Crippen LogP contribution >= 0.6 is 0 Å². The highest BCUT2D eigenvalue weighted by molar-refractivity contribution is 5.99. The summed E-state index contributed by atoms with van der Waals surface area (Å²) in [5, 5.41) is 60.3. The fourth-order valence-corrected chi connectivity index (χ4v) is 5.79. The van der Waals surface area contributed by atoms with Crippen molar-refractivity contribution in [1.82, 2.24) is 24.7 Å². The van der Waals surface area contributed by atoms with Crippen LogP contribution in [0, 0.1) is 0 Å². The molecule has 2 amide bonds. The predicted octanol–water partition coefficient (Wildman–Crippen LogP) is -2.43. The molecule has 0 radical (unpaired) electrons. The van der Waals surface area contributed by atoms with Gasteiger partial charge in [0.05, 0.1) is 0 Å². The number of H-pyrrole nitrogens is 1. The molecular weight excluding hydrogens is 822 g/mol. The van der Waals surface area contributed by atoms with E-state index in [1.54, 1.807) is 13.1 Å². The topological polar surface area (TPSA) is 317 Å². The van der Waals surface area contributed by atoms with Crippen LogP contribution < -0.4 is 22.3 Å². The summed E-state index contributed by atoms with van der Waals surface area (Å²) in [7, 11) is 2.98. The number of carbonyl (C=O) groups excluding carboxylic acids is 2. The summed E-state index contributed by atoms with van der Waals surface area (Å²) in [5.41, 5.74) is 4.13. The molecule has 59 heavy (non-hydrogen) atoms. The van der Waals surface area contributed by atoms with Crippen molar-refractivity contribution < 1.29 is 90.4 Å². The highest BCUT2D eigenvalue weighted by Crippen LogP contribution is 2.36. The third-order valence-corrected chi connectivity index (χ3v) is 8.90. The highest BCUT2D eigenvalue weighted by Gasteiger charge is 2.55. The van der Waals surface area contributed by atoms with Gasteiger partial charge in [-0.15, -0.1) is 0 Å². The SMILES string of the molecule is CCCCCCNC(=O)C1=CCN(C)[C@@H]([C@H](O[C@@H]2O[C@H](CN)[C@@H](O)[C@H]2O)[C@H]2O[C@@H](n3ccc(=O)[nH]c3=O)[C@H](O)[C@@H]2O)C(=O)N1C.O=C(O)C(F)(F)F.O=C(O)C(F)(F)F. The number of rotatable bonds is 12. The van der Waals surface area contributed by atoms with Crippen molar-refractivity contribution in [1.29, 1.82) is 0 Å². The second-order valence-electron chi connectivity index (χ2n) is 13.1. The number of hydrogen-bond donors (Lipinski definition) is 9. The third kappa shape index (κ3) is 13.5. The molecule has 27 heteroatoms. The molecule has 0 unspecified atom stereocenters. The molecular formula is C32H46F6N6O15. The van der Waals surface area contributed by atoms with Crippen molar-refractivity contribution in [3.05, 3.63) is 44.9 Å². The Morgan fingerprint density at radius 3 is 2.00 bits per heavy atom. The Bertz CT molecular complexity index is 1720. The number of nitrogens with one attached hydrogen (secondary N) is 2. The Morgan fingerprint density at radius 2 is 1.51 bits per heavy atom. The summed E-state index contributed by atoms with van der Waals surface area (Å²) < 4.78 is 82.0. The maximum atomic E-state index is 14.1. The predicted molar refractivity (Wildman–Crippen MR) is 184 cm³/mol. The van der Waals surface area contributed by atoms with Gasteiger partial charge < -0.3 is 60.8 Å². The number of aliphatic hydroxyl groups is 4. The van der Waals surface area contributed by atoms with Gasteiger partial charge in [0.2, 0.25) is 5.91 Å². The molecule has 4 rings (SSSR count). The van der Waals surface area contributed by atoms with E-state index in [0.29, 0.717) is 6.54 Å². The van der Waals surface area contributed by atoms with Crippen LogP contribution in [0.15, 0.2) is 33.6 Å². The smallest absolute Gasteiger partial charge is 0.475 e. The molecule has 21 nitrogen and oxygen atoms in total.